The lowest BCUT2D eigenvalue weighted by Gasteiger charge is -2.23. The first kappa shape index (κ1) is 12.3. The molecule has 1 aromatic rings. The normalized spacial score (nSPS) is 21.1. The van der Waals surface area contributed by atoms with Gasteiger partial charge in [-0.15, -0.1) is 0 Å². The summed E-state index contributed by atoms with van der Waals surface area (Å²) in [7, 11) is 0. The highest BCUT2D eigenvalue weighted by atomic mass is 79.9. The minimum absolute atomic E-state index is 0.196. The fourth-order valence-electron chi connectivity index (χ4n) is 2.14. The summed E-state index contributed by atoms with van der Waals surface area (Å²) in [6.07, 6.45) is 3.03. The maximum Gasteiger partial charge on any atom is 0.127 e. The molecule has 1 fully saturated rings. The molecule has 0 bridgehead atoms. The lowest BCUT2D eigenvalue weighted by atomic mass is 9.92. The average molecular weight is 307 g/mol. The molecule has 0 amide bonds. The SMILES string of the molecule is Fc1ccc(Br)c(Cl)c1CC1CCCNC1. The fraction of sp³-hybridized carbons (Fsp3) is 0.500. The smallest absolute Gasteiger partial charge is 0.127 e. The van der Waals surface area contributed by atoms with Gasteiger partial charge >= 0.3 is 0 Å². The third-order valence-corrected chi connectivity index (χ3v) is 4.35. The van der Waals surface area contributed by atoms with E-state index < -0.39 is 0 Å². The zero-order chi connectivity index (χ0) is 11.5. The van der Waals surface area contributed by atoms with Crippen molar-refractivity contribution in [3.63, 3.8) is 0 Å². The molecule has 1 saturated heterocycles. The van der Waals surface area contributed by atoms with Crippen LogP contribution < -0.4 is 5.32 Å². The molecule has 1 aliphatic heterocycles. The Bertz CT molecular complexity index is 378. The highest BCUT2D eigenvalue weighted by molar-refractivity contribution is 9.10. The van der Waals surface area contributed by atoms with Crippen LogP contribution in [0, 0.1) is 11.7 Å². The summed E-state index contributed by atoms with van der Waals surface area (Å²) in [5.74, 6) is 0.300. The van der Waals surface area contributed by atoms with Gasteiger partial charge in [-0.05, 0) is 66.3 Å². The van der Waals surface area contributed by atoms with E-state index in [1.165, 1.54) is 6.07 Å². The Morgan fingerprint density at radius 3 is 3.00 bits per heavy atom. The van der Waals surface area contributed by atoms with Crippen LogP contribution in [0.2, 0.25) is 5.02 Å². The molecule has 1 aromatic carbocycles. The first-order chi connectivity index (χ1) is 7.68. The van der Waals surface area contributed by atoms with E-state index in [1.54, 1.807) is 6.07 Å². The van der Waals surface area contributed by atoms with Crippen LogP contribution in [0.4, 0.5) is 4.39 Å². The topological polar surface area (TPSA) is 12.0 Å². The minimum Gasteiger partial charge on any atom is -0.316 e. The van der Waals surface area contributed by atoms with Gasteiger partial charge in [0, 0.05) is 10.0 Å². The molecule has 1 aliphatic rings. The van der Waals surface area contributed by atoms with Crippen LogP contribution in [-0.4, -0.2) is 13.1 Å². The van der Waals surface area contributed by atoms with E-state index in [1.807, 2.05) is 0 Å². The number of nitrogens with one attached hydrogen (secondary N) is 1. The molecule has 1 unspecified atom stereocenters. The van der Waals surface area contributed by atoms with Gasteiger partial charge in [0.05, 0.1) is 5.02 Å². The Kier molecular flexibility index (Phi) is 4.22. The van der Waals surface area contributed by atoms with Crippen LogP contribution in [0.15, 0.2) is 16.6 Å². The van der Waals surface area contributed by atoms with Gasteiger partial charge in [-0.3, -0.25) is 0 Å². The summed E-state index contributed by atoms with van der Waals surface area (Å²) >= 11 is 9.44. The number of halogens is 3. The molecule has 0 saturated carbocycles. The van der Waals surface area contributed by atoms with Crippen molar-refractivity contribution in [1.29, 1.82) is 0 Å². The average Bonchev–Trinajstić information content (AvgIpc) is 2.31. The molecule has 1 atom stereocenters. The van der Waals surface area contributed by atoms with Crippen LogP contribution in [0.25, 0.3) is 0 Å². The van der Waals surface area contributed by atoms with Crippen molar-refractivity contribution in [2.75, 3.05) is 13.1 Å². The van der Waals surface area contributed by atoms with Crippen LogP contribution in [0.3, 0.4) is 0 Å². The van der Waals surface area contributed by atoms with Gasteiger partial charge in [-0.2, -0.15) is 0 Å². The van der Waals surface area contributed by atoms with Crippen LogP contribution >= 0.6 is 27.5 Å². The van der Waals surface area contributed by atoms with E-state index in [-0.39, 0.29) is 5.82 Å². The summed E-state index contributed by atoms with van der Waals surface area (Å²) in [5.41, 5.74) is 0.643. The summed E-state index contributed by atoms with van der Waals surface area (Å²) < 4.78 is 14.4. The lowest BCUT2D eigenvalue weighted by molar-refractivity contribution is 0.372. The zero-order valence-corrected chi connectivity index (χ0v) is 11.2. The van der Waals surface area contributed by atoms with Gasteiger partial charge in [-0.25, -0.2) is 4.39 Å². The lowest BCUT2D eigenvalue weighted by Crippen LogP contribution is -2.31. The predicted molar refractivity (Wildman–Crippen MR) is 68.4 cm³/mol. The van der Waals surface area contributed by atoms with Gasteiger partial charge < -0.3 is 5.32 Å². The first-order valence-corrected chi connectivity index (χ1v) is 6.68. The van der Waals surface area contributed by atoms with E-state index in [9.17, 15) is 4.39 Å². The summed E-state index contributed by atoms with van der Waals surface area (Å²) in [6, 6.07) is 3.13. The van der Waals surface area contributed by atoms with Crippen LogP contribution in [-0.2, 0) is 6.42 Å². The Labute approximate surface area is 109 Å². The van der Waals surface area contributed by atoms with E-state index in [0.29, 0.717) is 16.5 Å². The quantitative estimate of drug-likeness (QED) is 0.820. The molecule has 1 nitrogen and oxygen atoms in total. The highest BCUT2D eigenvalue weighted by Crippen LogP contribution is 2.31. The van der Waals surface area contributed by atoms with Crippen molar-refractivity contribution < 1.29 is 4.39 Å². The maximum absolute atomic E-state index is 13.7. The third-order valence-electron chi connectivity index (χ3n) is 3.03. The molecule has 1 heterocycles. The van der Waals surface area contributed by atoms with Crippen molar-refractivity contribution in [2.24, 2.45) is 5.92 Å². The Balaban J connectivity index is 2.16. The van der Waals surface area contributed by atoms with Crippen molar-refractivity contribution >= 4 is 27.5 Å². The second-order valence-electron chi connectivity index (χ2n) is 4.24. The molecule has 0 aliphatic carbocycles. The molecule has 4 heteroatoms. The molecule has 1 N–H and O–H groups in total. The summed E-state index contributed by atoms with van der Waals surface area (Å²) in [4.78, 5) is 0. The second-order valence-corrected chi connectivity index (χ2v) is 5.47. The molecule has 0 aromatic heterocycles. The number of hydrogen-bond acceptors (Lipinski definition) is 1. The van der Waals surface area contributed by atoms with Gasteiger partial charge in [-0.1, -0.05) is 11.6 Å². The fourth-order valence-corrected chi connectivity index (χ4v) is 2.74. The largest absolute Gasteiger partial charge is 0.316 e. The highest BCUT2D eigenvalue weighted by Gasteiger charge is 2.18. The molecular formula is C12H14BrClFN. The Morgan fingerprint density at radius 2 is 2.31 bits per heavy atom. The number of piperidine rings is 1. The molecule has 16 heavy (non-hydrogen) atoms. The first-order valence-electron chi connectivity index (χ1n) is 5.51. The maximum atomic E-state index is 13.7. The summed E-state index contributed by atoms with van der Waals surface area (Å²) in [5, 5.41) is 3.85. The van der Waals surface area contributed by atoms with Gasteiger partial charge in [0.25, 0.3) is 0 Å². The molecule has 88 valence electrons. The summed E-state index contributed by atoms with van der Waals surface area (Å²) in [6.45, 7) is 2.04. The van der Waals surface area contributed by atoms with Crippen molar-refractivity contribution in [1.82, 2.24) is 5.32 Å². The zero-order valence-electron chi connectivity index (χ0n) is 8.90. The van der Waals surface area contributed by atoms with Crippen molar-refractivity contribution in [3.8, 4) is 0 Å². The Morgan fingerprint density at radius 1 is 1.50 bits per heavy atom. The van der Waals surface area contributed by atoms with E-state index in [0.717, 1.165) is 36.8 Å². The second kappa shape index (κ2) is 5.48. The number of benzene rings is 1. The van der Waals surface area contributed by atoms with E-state index in [2.05, 4.69) is 21.2 Å². The van der Waals surface area contributed by atoms with E-state index in [4.69, 9.17) is 11.6 Å². The number of rotatable bonds is 2. The molecule has 0 spiro atoms. The van der Waals surface area contributed by atoms with Crippen molar-refractivity contribution in [2.45, 2.75) is 19.3 Å². The molecule has 2 rings (SSSR count). The van der Waals surface area contributed by atoms with E-state index >= 15 is 0 Å². The van der Waals surface area contributed by atoms with Crippen LogP contribution in [0.5, 0.6) is 0 Å². The van der Waals surface area contributed by atoms with Crippen molar-refractivity contribution in [3.05, 3.63) is 33.0 Å². The van der Waals surface area contributed by atoms with Crippen LogP contribution in [0.1, 0.15) is 18.4 Å². The minimum atomic E-state index is -0.196. The van der Waals surface area contributed by atoms with Gasteiger partial charge in [0.2, 0.25) is 0 Å². The number of hydrogen-bond donors (Lipinski definition) is 1. The Hall–Kier alpha value is -0.120. The predicted octanol–water partition coefficient (Wildman–Crippen LogP) is 3.78. The molecule has 0 radical (unpaired) electrons. The third kappa shape index (κ3) is 2.76. The standard InChI is InChI=1S/C12H14BrClFN/c13-10-3-4-11(15)9(12(10)14)6-8-2-1-5-16-7-8/h3-4,8,16H,1-2,5-7H2. The van der Waals surface area contributed by atoms with Gasteiger partial charge in [0.15, 0.2) is 0 Å². The monoisotopic (exact) mass is 305 g/mol. The molecular weight excluding hydrogens is 292 g/mol. The van der Waals surface area contributed by atoms with Gasteiger partial charge in [0.1, 0.15) is 5.82 Å².